The van der Waals surface area contributed by atoms with E-state index in [1.807, 2.05) is 0 Å². The highest BCUT2D eigenvalue weighted by molar-refractivity contribution is 5.71. The van der Waals surface area contributed by atoms with Crippen LogP contribution >= 0.6 is 0 Å². The summed E-state index contributed by atoms with van der Waals surface area (Å²) in [6, 6.07) is 0. The van der Waals surface area contributed by atoms with Crippen molar-refractivity contribution in [2.24, 2.45) is 0 Å². The summed E-state index contributed by atoms with van der Waals surface area (Å²) in [5.41, 5.74) is 0. The minimum atomic E-state index is -0.797. The van der Waals surface area contributed by atoms with Gasteiger partial charge in [-0.15, -0.1) is 0 Å². The van der Waals surface area contributed by atoms with Gasteiger partial charge in [-0.2, -0.15) is 0 Å². The predicted octanol–water partition coefficient (Wildman–Crippen LogP) is 18.8. The number of hydrogen-bond donors (Lipinski definition) is 0. The Morgan fingerprint density at radius 2 is 0.591 bits per heavy atom. The number of unbranched alkanes of at least 4 members (excludes halogenated alkanes) is 30. The molecular weight excluding hydrogens is 817 g/mol. The first-order valence-electron chi connectivity index (χ1n) is 28.3. The smallest absolute Gasteiger partial charge is 0.306 e. The molecule has 0 spiro atoms. The molecule has 0 radical (unpaired) electrons. The van der Waals surface area contributed by atoms with Gasteiger partial charge in [-0.05, 0) is 103 Å². The molecule has 66 heavy (non-hydrogen) atoms. The zero-order chi connectivity index (χ0) is 47.9. The van der Waals surface area contributed by atoms with E-state index < -0.39 is 6.10 Å². The van der Waals surface area contributed by atoms with Gasteiger partial charge >= 0.3 is 17.9 Å². The van der Waals surface area contributed by atoms with Crippen molar-refractivity contribution in [3.8, 4) is 0 Å². The van der Waals surface area contributed by atoms with Crippen LogP contribution in [0.3, 0.4) is 0 Å². The second-order valence-corrected chi connectivity index (χ2v) is 18.8. The number of carbonyl (C=O) groups excluding carboxylic acids is 3. The number of carbonyl (C=O) groups is 3. The van der Waals surface area contributed by atoms with E-state index in [-0.39, 0.29) is 31.1 Å². The lowest BCUT2D eigenvalue weighted by Crippen LogP contribution is -2.30. The lowest BCUT2D eigenvalue weighted by atomic mass is 10.1. The maximum Gasteiger partial charge on any atom is 0.306 e. The molecule has 0 aliphatic rings. The molecule has 6 nitrogen and oxygen atoms in total. The van der Waals surface area contributed by atoms with Gasteiger partial charge in [0.05, 0.1) is 0 Å². The molecule has 1 atom stereocenters. The van der Waals surface area contributed by atoms with Crippen LogP contribution in [0.15, 0.2) is 60.8 Å². The van der Waals surface area contributed by atoms with Gasteiger partial charge < -0.3 is 14.2 Å². The third kappa shape index (κ3) is 52.1. The Hall–Kier alpha value is -2.89. The zero-order valence-electron chi connectivity index (χ0n) is 43.7. The lowest BCUT2D eigenvalue weighted by Gasteiger charge is -2.18. The molecule has 0 fully saturated rings. The molecule has 0 amide bonds. The monoisotopic (exact) mass is 923 g/mol. The van der Waals surface area contributed by atoms with E-state index in [2.05, 4.69) is 81.5 Å². The van der Waals surface area contributed by atoms with Gasteiger partial charge in [-0.3, -0.25) is 14.4 Å². The van der Waals surface area contributed by atoms with Crippen molar-refractivity contribution in [1.82, 2.24) is 0 Å². The summed E-state index contributed by atoms with van der Waals surface area (Å²) < 4.78 is 16.8. The molecule has 0 aromatic heterocycles. The minimum Gasteiger partial charge on any atom is -0.462 e. The Balaban J connectivity index is 4.39. The van der Waals surface area contributed by atoms with Gasteiger partial charge in [0, 0.05) is 19.3 Å². The summed E-state index contributed by atoms with van der Waals surface area (Å²) in [6.07, 6.45) is 67.9. The molecule has 0 N–H and O–H groups in total. The summed E-state index contributed by atoms with van der Waals surface area (Å²) in [7, 11) is 0. The molecular formula is C60H106O6. The first-order valence-corrected chi connectivity index (χ1v) is 28.3. The van der Waals surface area contributed by atoms with Crippen molar-refractivity contribution in [3.05, 3.63) is 60.8 Å². The minimum absolute atomic E-state index is 0.0932. The second-order valence-electron chi connectivity index (χ2n) is 18.8. The zero-order valence-corrected chi connectivity index (χ0v) is 43.7. The predicted molar refractivity (Wildman–Crippen MR) is 284 cm³/mol. The van der Waals surface area contributed by atoms with Gasteiger partial charge in [-0.25, -0.2) is 0 Å². The van der Waals surface area contributed by atoms with Crippen LogP contribution in [0.4, 0.5) is 0 Å². The molecule has 0 aliphatic heterocycles. The number of ether oxygens (including phenoxy) is 3. The van der Waals surface area contributed by atoms with Gasteiger partial charge in [0.1, 0.15) is 13.2 Å². The Morgan fingerprint density at radius 1 is 0.318 bits per heavy atom. The third-order valence-corrected chi connectivity index (χ3v) is 12.2. The fourth-order valence-electron chi connectivity index (χ4n) is 7.98. The standard InChI is InChI=1S/C60H106O6/c1-4-7-10-13-16-19-22-25-27-29-31-33-35-38-41-44-47-50-53-59(62)65-56-57(55-64-58(61)52-49-46-43-40-37-24-21-18-15-12-9-6-3)66-60(63)54-51-48-45-42-39-36-34-32-30-28-26-23-20-17-14-11-8-5-2/h9,12,18,21,31-34,37,40,57H,4-8,10-11,13-17,19-20,22-30,35-36,38-39,41-56H2,1-3H3/b12-9-,21-18-,33-31-,34-32-,40-37-. The maximum atomic E-state index is 12.8. The Labute approximate surface area is 409 Å². The van der Waals surface area contributed by atoms with E-state index in [4.69, 9.17) is 14.2 Å². The number of esters is 3. The van der Waals surface area contributed by atoms with Crippen LogP contribution in [0.1, 0.15) is 284 Å². The Morgan fingerprint density at radius 3 is 0.970 bits per heavy atom. The van der Waals surface area contributed by atoms with Crippen molar-refractivity contribution < 1.29 is 28.6 Å². The average molecular weight is 924 g/mol. The molecule has 0 rings (SSSR count). The number of allylic oxidation sites excluding steroid dienone is 10. The van der Waals surface area contributed by atoms with Crippen molar-refractivity contribution in [2.75, 3.05) is 13.2 Å². The van der Waals surface area contributed by atoms with Crippen LogP contribution in [-0.2, 0) is 28.6 Å². The van der Waals surface area contributed by atoms with Crippen molar-refractivity contribution in [1.29, 1.82) is 0 Å². The molecule has 0 saturated carbocycles. The molecule has 0 aliphatic carbocycles. The van der Waals surface area contributed by atoms with Gasteiger partial charge in [0.25, 0.3) is 0 Å². The molecule has 0 aromatic carbocycles. The molecule has 0 saturated heterocycles. The summed E-state index contributed by atoms with van der Waals surface area (Å²) in [4.78, 5) is 38.1. The van der Waals surface area contributed by atoms with Crippen molar-refractivity contribution >= 4 is 17.9 Å². The highest BCUT2D eigenvalue weighted by Gasteiger charge is 2.19. The van der Waals surface area contributed by atoms with Crippen LogP contribution in [0.2, 0.25) is 0 Å². The molecule has 382 valence electrons. The molecule has 0 bridgehead atoms. The Bertz CT molecular complexity index is 1200. The normalized spacial score (nSPS) is 12.5. The number of rotatable bonds is 51. The first kappa shape index (κ1) is 63.1. The maximum absolute atomic E-state index is 12.8. The fourth-order valence-corrected chi connectivity index (χ4v) is 7.98. The van der Waals surface area contributed by atoms with E-state index in [1.54, 1.807) is 0 Å². The largest absolute Gasteiger partial charge is 0.462 e. The highest BCUT2D eigenvalue weighted by Crippen LogP contribution is 2.15. The van der Waals surface area contributed by atoms with Crippen LogP contribution in [-0.4, -0.2) is 37.2 Å². The van der Waals surface area contributed by atoms with Crippen LogP contribution in [0, 0.1) is 0 Å². The number of hydrogen-bond acceptors (Lipinski definition) is 6. The van der Waals surface area contributed by atoms with E-state index in [0.29, 0.717) is 19.3 Å². The molecule has 0 aromatic rings. The summed E-state index contributed by atoms with van der Waals surface area (Å²) in [5.74, 6) is -0.942. The van der Waals surface area contributed by atoms with Crippen molar-refractivity contribution in [2.45, 2.75) is 290 Å². The van der Waals surface area contributed by atoms with Gasteiger partial charge in [-0.1, -0.05) is 223 Å². The van der Waals surface area contributed by atoms with E-state index >= 15 is 0 Å². The average Bonchev–Trinajstić information content (AvgIpc) is 3.31. The SMILES string of the molecule is CC/C=C\C/C=C\C/C=C\CCCCC(=O)OCC(COC(=O)CCCCCCC/C=C\CCCCCCCCCCC)OC(=O)CCCCCCC/C=C\CCCCCCCCCCC. The molecule has 6 heteroatoms. The van der Waals surface area contributed by atoms with E-state index in [0.717, 1.165) is 96.3 Å². The second kappa shape index (κ2) is 54.7. The lowest BCUT2D eigenvalue weighted by molar-refractivity contribution is -0.167. The van der Waals surface area contributed by atoms with E-state index in [9.17, 15) is 14.4 Å². The van der Waals surface area contributed by atoms with Crippen LogP contribution < -0.4 is 0 Å². The summed E-state index contributed by atoms with van der Waals surface area (Å²) in [6.45, 7) is 6.50. The fraction of sp³-hybridized carbons (Fsp3) is 0.783. The highest BCUT2D eigenvalue weighted by atomic mass is 16.6. The van der Waals surface area contributed by atoms with Crippen molar-refractivity contribution in [3.63, 3.8) is 0 Å². The van der Waals surface area contributed by atoms with Crippen LogP contribution in [0.25, 0.3) is 0 Å². The third-order valence-electron chi connectivity index (χ3n) is 12.2. The topological polar surface area (TPSA) is 78.9 Å². The van der Waals surface area contributed by atoms with Crippen LogP contribution in [0.5, 0.6) is 0 Å². The summed E-state index contributed by atoms with van der Waals surface area (Å²) in [5, 5.41) is 0. The Kier molecular flexibility index (Phi) is 52.3. The van der Waals surface area contributed by atoms with E-state index in [1.165, 1.54) is 148 Å². The van der Waals surface area contributed by atoms with Gasteiger partial charge in [0.2, 0.25) is 0 Å². The summed E-state index contributed by atoms with van der Waals surface area (Å²) >= 11 is 0. The molecule has 1 unspecified atom stereocenters. The first-order chi connectivity index (χ1) is 32.5. The van der Waals surface area contributed by atoms with Gasteiger partial charge in [0.15, 0.2) is 6.10 Å². The molecule has 0 heterocycles. The quantitative estimate of drug-likeness (QED) is 0.0262.